The molecule has 2 aromatic carbocycles. The number of nitrogens with one attached hydrogen (secondary N) is 1. The highest BCUT2D eigenvalue weighted by atomic mass is 32.2. The zero-order valence-corrected chi connectivity index (χ0v) is 16.5. The van der Waals surface area contributed by atoms with Crippen molar-refractivity contribution in [3.8, 4) is 17.1 Å². The molecular weight excluding hydrogens is 394 g/mol. The topological polar surface area (TPSA) is 77.2 Å². The minimum Gasteiger partial charge on any atom is -0.494 e. The van der Waals surface area contributed by atoms with E-state index < -0.39 is 0 Å². The van der Waals surface area contributed by atoms with Gasteiger partial charge in [0.05, 0.1) is 16.8 Å². The quantitative estimate of drug-likeness (QED) is 0.499. The summed E-state index contributed by atoms with van der Waals surface area (Å²) in [5, 5.41) is 7.42. The van der Waals surface area contributed by atoms with E-state index in [0.717, 1.165) is 32.0 Å². The highest BCUT2D eigenvalue weighted by Crippen LogP contribution is 2.42. The van der Waals surface area contributed by atoms with E-state index in [1.165, 1.54) is 11.3 Å². The number of anilines is 1. The van der Waals surface area contributed by atoms with E-state index in [0.29, 0.717) is 28.9 Å². The lowest BCUT2D eigenvalue weighted by atomic mass is 10.1. The number of ether oxygens (including phenoxy) is 1. The smallest absolute Gasteiger partial charge is 0.279 e. The SMILES string of the molecule is CCOc1ccc2nc(NC(=O)c3noc4c3CSc3ccccc3-4)sc2c1. The zero-order chi connectivity index (χ0) is 19.1. The van der Waals surface area contributed by atoms with Crippen molar-refractivity contribution in [3.63, 3.8) is 0 Å². The highest BCUT2D eigenvalue weighted by Gasteiger charge is 2.28. The molecule has 140 valence electrons. The third-order valence-electron chi connectivity index (χ3n) is 4.40. The first-order valence-corrected chi connectivity index (χ1v) is 10.6. The molecule has 0 atom stereocenters. The largest absolute Gasteiger partial charge is 0.494 e. The summed E-state index contributed by atoms with van der Waals surface area (Å²) in [6, 6.07) is 13.7. The van der Waals surface area contributed by atoms with Crippen LogP contribution in [0.15, 0.2) is 51.9 Å². The van der Waals surface area contributed by atoms with Crippen molar-refractivity contribution >= 4 is 44.4 Å². The van der Waals surface area contributed by atoms with Crippen LogP contribution in [-0.2, 0) is 5.75 Å². The normalized spacial score (nSPS) is 12.5. The minimum atomic E-state index is -0.311. The third-order valence-corrected chi connectivity index (χ3v) is 6.43. The lowest BCUT2D eigenvalue weighted by Gasteiger charge is -2.13. The molecule has 5 rings (SSSR count). The van der Waals surface area contributed by atoms with E-state index in [1.54, 1.807) is 11.8 Å². The number of hydrogen-bond acceptors (Lipinski definition) is 7. The van der Waals surface area contributed by atoms with E-state index in [-0.39, 0.29) is 5.91 Å². The fourth-order valence-electron chi connectivity index (χ4n) is 3.13. The maximum atomic E-state index is 12.8. The Kier molecular flexibility index (Phi) is 4.29. The Labute approximate surface area is 168 Å². The molecule has 0 saturated heterocycles. The number of hydrogen-bond donors (Lipinski definition) is 1. The monoisotopic (exact) mass is 409 g/mol. The summed E-state index contributed by atoms with van der Waals surface area (Å²) in [6.45, 7) is 2.55. The molecule has 0 unspecified atom stereocenters. The van der Waals surface area contributed by atoms with Gasteiger partial charge in [-0.05, 0) is 37.3 Å². The summed E-state index contributed by atoms with van der Waals surface area (Å²) >= 11 is 3.08. The van der Waals surface area contributed by atoms with Gasteiger partial charge in [-0.3, -0.25) is 10.1 Å². The molecule has 1 N–H and O–H groups in total. The molecule has 0 spiro atoms. The van der Waals surface area contributed by atoms with Gasteiger partial charge in [-0.15, -0.1) is 11.8 Å². The third kappa shape index (κ3) is 2.94. The molecule has 0 radical (unpaired) electrons. The van der Waals surface area contributed by atoms with Crippen LogP contribution in [-0.4, -0.2) is 22.7 Å². The molecule has 4 aromatic rings. The highest BCUT2D eigenvalue weighted by molar-refractivity contribution is 7.98. The molecule has 1 aliphatic rings. The number of aromatic nitrogens is 2. The summed E-state index contributed by atoms with van der Waals surface area (Å²) in [4.78, 5) is 18.4. The van der Waals surface area contributed by atoms with Crippen LogP contribution < -0.4 is 10.1 Å². The first-order chi connectivity index (χ1) is 13.7. The number of thiazole rings is 1. The maximum Gasteiger partial charge on any atom is 0.279 e. The van der Waals surface area contributed by atoms with Gasteiger partial charge in [0.2, 0.25) is 0 Å². The van der Waals surface area contributed by atoms with Crippen LogP contribution in [0.2, 0.25) is 0 Å². The Morgan fingerprint density at radius 3 is 3.07 bits per heavy atom. The molecule has 0 saturated carbocycles. The summed E-state index contributed by atoms with van der Waals surface area (Å²) < 4.78 is 12.0. The molecule has 8 heteroatoms. The summed E-state index contributed by atoms with van der Waals surface area (Å²) in [5.74, 6) is 1.80. The van der Waals surface area contributed by atoms with Crippen molar-refractivity contribution in [3.05, 3.63) is 53.7 Å². The molecule has 0 aliphatic carbocycles. The molecule has 1 amide bonds. The predicted octanol–water partition coefficient (Wildman–Crippen LogP) is 5.21. The van der Waals surface area contributed by atoms with Gasteiger partial charge in [-0.2, -0.15) is 0 Å². The van der Waals surface area contributed by atoms with E-state index >= 15 is 0 Å². The number of thioether (sulfide) groups is 1. The number of rotatable bonds is 4. The Bertz CT molecular complexity index is 1200. The standard InChI is InChI=1S/C20H15N3O3S2/c1-2-25-11-7-8-14-16(9-11)28-20(21-14)22-19(24)17-13-10-27-15-6-4-3-5-12(15)18(13)26-23-17/h3-9H,2,10H2,1H3,(H,21,22,24). The Morgan fingerprint density at radius 2 is 2.18 bits per heavy atom. The van der Waals surface area contributed by atoms with Crippen molar-refractivity contribution in [1.29, 1.82) is 0 Å². The van der Waals surface area contributed by atoms with Crippen LogP contribution in [0.5, 0.6) is 5.75 Å². The van der Waals surface area contributed by atoms with Crippen LogP contribution in [0.3, 0.4) is 0 Å². The molecule has 3 heterocycles. The minimum absolute atomic E-state index is 0.311. The van der Waals surface area contributed by atoms with Gasteiger partial charge in [0, 0.05) is 21.8 Å². The average Bonchev–Trinajstić information content (AvgIpc) is 3.31. The summed E-state index contributed by atoms with van der Waals surface area (Å²) in [7, 11) is 0. The maximum absolute atomic E-state index is 12.8. The van der Waals surface area contributed by atoms with Gasteiger partial charge in [0.25, 0.3) is 5.91 Å². The van der Waals surface area contributed by atoms with Gasteiger partial charge in [-0.25, -0.2) is 4.98 Å². The fourth-order valence-corrected chi connectivity index (χ4v) is 5.08. The molecule has 28 heavy (non-hydrogen) atoms. The molecule has 6 nitrogen and oxygen atoms in total. The number of fused-ring (bicyclic) bond motifs is 4. The zero-order valence-electron chi connectivity index (χ0n) is 14.9. The second-order valence-electron chi connectivity index (χ2n) is 6.16. The predicted molar refractivity (Wildman–Crippen MR) is 110 cm³/mol. The Balaban J connectivity index is 1.43. The van der Waals surface area contributed by atoms with E-state index in [2.05, 4.69) is 15.5 Å². The van der Waals surface area contributed by atoms with Gasteiger partial charge in [0.1, 0.15) is 5.75 Å². The second kappa shape index (κ2) is 6.96. The van der Waals surface area contributed by atoms with Crippen LogP contribution in [0.1, 0.15) is 23.0 Å². The van der Waals surface area contributed by atoms with Crippen molar-refractivity contribution in [2.45, 2.75) is 17.6 Å². The lowest BCUT2D eigenvalue weighted by molar-refractivity contribution is 0.101. The second-order valence-corrected chi connectivity index (χ2v) is 8.21. The number of amides is 1. The fraction of sp³-hybridized carbons (Fsp3) is 0.150. The summed E-state index contributed by atoms with van der Waals surface area (Å²) in [6.07, 6.45) is 0. The van der Waals surface area contributed by atoms with Crippen LogP contribution in [0.25, 0.3) is 21.5 Å². The number of carbonyl (C=O) groups is 1. The Hall–Kier alpha value is -2.84. The number of nitrogens with zero attached hydrogens (tertiary/aromatic N) is 2. The van der Waals surface area contributed by atoms with E-state index in [4.69, 9.17) is 9.26 Å². The van der Waals surface area contributed by atoms with E-state index in [9.17, 15) is 4.79 Å². The van der Waals surface area contributed by atoms with E-state index in [1.807, 2.05) is 49.4 Å². The molecule has 1 aliphatic heterocycles. The number of benzene rings is 2. The van der Waals surface area contributed by atoms with Gasteiger partial charge in [-0.1, -0.05) is 28.6 Å². The Morgan fingerprint density at radius 1 is 1.29 bits per heavy atom. The van der Waals surface area contributed by atoms with Crippen LogP contribution in [0.4, 0.5) is 5.13 Å². The van der Waals surface area contributed by atoms with Crippen LogP contribution in [0, 0.1) is 0 Å². The molecule has 0 bridgehead atoms. The average molecular weight is 409 g/mol. The molecular formula is C20H15N3O3S2. The van der Waals surface area contributed by atoms with Crippen molar-refractivity contribution in [2.75, 3.05) is 11.9 Å². The van der Waals surface area contributed by atoms with Crippen molar-refractivity contribution in [2.24, 2.45) is 0 Å². The molecule has 2 aromatic heterocycles. The molecule has 0 fully saturated rings. The lowest BCUT2D eigenvalue weighted by Crippen LogP contribution is -2.14. The van der Waals surface area contributed by atoms with Gasteiger partial charge in [0.15, 0.2) is 16.6 Å². The van der Waals surface area contributed by atoms with Crippen LogP contribution >= 0.6 is 23.1 Å². The van der Waals surface area contributed by atoms with Crippen molar-refractivity contribution < 1.29 is 14.1 Å². The first-order valence-electron chi connectivity index (χ1n) is 8.78. The van der Waals surface area contributed by atoms with Gasteiger partial charge >= 0.3 is 0 Å². The summed E-state index contributed by atoms with van der Waals surface area (Å²) in [5.41, 5.74) is 2.92. The van der Waals surface area contributed by atoms with Crippen molar-refractivity contribution in [1.82, 2.24) is 10.1 Å². The number of carbonyl (C=O) groups excluding carboxylic acids is 1. The van der Waals surface area contributed by atoms with Gasteiger partial charge < -0.3 is 9.26 Å². The first kappa shape index (κ1) is 17.3.